The Hall–Kier alpha value is -3.92. The lowest BCUT2D eigenvalue weighted by molar-refractivity contribution is -0.130. The number of aliphatic hydroxyl groups is 1. The minimum Gasteiger partial charge on any atom is -0.503 e. The van der Waals surface area contributed by atoms with Gasteiger partial charge in [0, 0.05) is 6.54 Å². The Morgan fingerprint density at radius 2 is 1.53 bits per heavy atom. The van der Waals surface area contributed by atoms with Gasteiger partial charge in [0.2, 0.25) is 0 Å². The molecule has 0 saturated heterocycles. The van der Waals surface area contributed by atoms with Crippen molar-refractivity contribution in [3.63, 3.8) is 0 Å². The summed E-state index contributed by atoms with van der Waals surface area (Å²) in [5.41, 5.74) is 3.87. The Morgan fingerprint density at radius 3 is 2.16 bits per heavy atom. The Morgan fingerprint density at radius 1 is 0.906 bits per heavy atom. The zero-order valence-corrected chi connectivity index (χ0v) is 17.9. The number of allylic oxidation sites excluding steroid dienone is 1. The molecule has 3 aromatic carbocycles. The number of carbonyl (C=O) groups excluding carboxylic acids is 2. The van der Waals surface area contributed by atoms with Gasteiger partial charge in [0.25, 0.3) is 5.91 Å². The van der Waals surface area contributed by atoms with Gasteiger partial charge in [-0.25, -0.2) is 0 Å². The summed E-state index contributed by atoms with van der Waals surface area (Å²) in [6.45, 7) is 2.37. The van der Waals surface area contributed by atoms with Crippen LogP contribution < -0.4 is 0 Å². The maximum atomic E-state index is 13.2. The number of aliphatic hydroxyl groups excluding tert-OH is 1. The van der Waals surface area contributed by atoms with Crippen LogP contribution in [-0.2, 0) is 22.6 Å². The van der Waals surface area contributed by atoms with E-state index in [0.717, 1.165) is 28.7 Å². The van der Waals surface area contributed by atoms with Gasteiger partial charge >= 0.3 is 0 Å². The van der Waals surface area contributed by atoms with E-state index in [1.54, 1.807) is 11.0 Å². The van der Waals surface area contributed by atoms with Gasteiger partial charge in [0.05, 0.1) is 11.6 Å². The van der Waals surface area contributed by atoms with Crippen LogP contribution in [0.3, 0.4) is 0 Å². The Labute approximate surface area is 188 Å². The molecule has 1 aliphatic heterocycles. The average molecular weight is 424 g/mol. The lowest BCUT2D eigenvalue weighted by Gasteiger charge is -2.27. The van der Waals surface area contributed by atoms with Gasteiger partial charge < -0.3 is 10.0 Å². The molecule has 4 rings (SSSR count). The largest absolute Gasteiger partial charge is 0.503 e. The fraction of sp³-hybridized carbons (Fsp3) is 0.143. The molecule has 1 amide bonds. The van der Waals surface area contributed by atoms with Crippen molar-refractivity contribution in [3.8, 4) is 0 Å². The molecular formula is C28H25NO3. The molecule has 0 bridgehead atoms. The monoisotopic (exact) mass is 423 g/mol. The van der Waals surface area contributed by atoms with E-state index in [4.69, 9.17) is 0 Å². The lowest BCUT2D eigenvalue weighted by Crippen LogP contribution is -2.30. The summed E-state index contributed by atoms with van der Waals surface area (Å²) >= 11 is 0. The van der Waals surface area contributed by atoms with Crippen molar-refractivity contribution in [3.05, 3.63) is 125 Å². The molecule has 0 fully saturated rings. The SMILES string of the molecule is CCc1ccc(C2C(C(=O)C=Cc3ccccc3)=C(O)C(=O)N2Cc2ccccc2)cc1. The number of hydrogen-bond donors (Lipinski definition) is 1. The summed E-state index contributed by atoms with van der Waals surface area (Å²) in [5.74, 6) is -1.39. The number of benzene rings is 3. The van der Waals surface area contributed by atoms with Gasteiger partial charge in [-0.05, 0) is 34.8 Å². The minimum atomic E-state index is -0.651. The summed E-state index contributed by atoms with van der Waals surface area (Å²) in [4.78, 5) is 27.8. The van der Waals surface area contributed by atoms with E-state index in [1.165, 1.54) is 6.08 Å². The quantitative estimate of drug-likeness (QED) is 0.516. The van der Waals surface area contributed by atoms with E-state index >= 15 is 0 Å². The summed E-state index contributed by atoms with van der Waals surface area (Å²) in [6, 6.07) is 26.2. The van der Waals surface area contributed by atoms with Crippen molar-refractivity contribution in [1.29, 1.82) is 0 Å². The lowest BCUT2D eigenvalue weighted by atomic mass is 9.94. The number of amides is 1. The van der Waals surface area contributed by atoms with E-state index in [1.807, 2.05) is 84.9 Å². The third-order valence-corrected chi connectivity index (χ3v) is 5.70. The van der Waals surface area contributed by atoms with Crippen LogP contribution in [0.15, 0.2) is 102 Å². The van der Waals surface area contributed by atoms with Crippen molar-refractivity contribution in [1.82, 2.24) is 4.90 Å². The second-order valence-electron chi connectivity index (χ2n) is 7.79. The standard InChI is InChI=1S/C28H25NO3/c1-2-20-13-16-23(17-14-20)26-25(24(30)18-15-21-9-5-3-6-10-21)27(31)28(32)29(26)19-22-11-7-4-8-12-22/h3-18,26,31H,2,19H2,1H3. The first kappa shape index (κ1) is 21.3. The third-order valence-electron chi connectivity index (χ3n) is 5.70. The van der Waals surface area contributed by atoms with E-state index in [9.17, 15) is 14.7 Å². The molecular weight excluding hydrogens is 398 g/mol. The highest BCUT2D eigenvalue weighted by molar-refractivity contribution is 6.14. The molecule has 32 heavy (non-hydrogen) atoms. The zero-order chi connectivity index (χ0) is 22.5. The van der Waals surface area contributed by atoms with Crippen LogP contribution >= 0.6 is 0 Å². The van der Waals surface area contributed by atoms with E-state index in [0.29, 0.717) is 6.54 Å². The van der Waals surface area contributed by atoms with Crippen molar-refractivity contribution >= 4 is 17.8 Å². The molecule has 1 N–H and O–H groups in total. The van der Waals surface area contributed by atoms with Crippen LogP contribution in [-0.4, -0.2) is 21.7 Å². The zero-order valence-electron chi connectivity index (χ0n) is 17.9. The Kier molecular flexibility index (Phi) is 6.31. The van der Waals surface area contributed by atoms with E-state index in [2.05, 4.69) is 6.92 Å². The van der Waals surface area contributed by atoms with Crippen LogP contribution in [0.4, 0.5) is 0 Å². The molecule has 0 radical (unpaired) electrons. The van der Waals surface area contributed by atoms with Crippen molar-refractivity contribution < 1.29 is 14.7 Å². The molecule has 0 spiro atoms. The second kappa shape index (κ2) is 9.48. The highest BCUT2D eigenvalue weighted by Gasteiger charge is 2.42. The van der Waals surface area contributed by atoms with Crippen molar-refractivity contribution in [2.24, 2.45) is 0 Å². The fourth-order valence-electron chi connectivity index (χ4n) is 3.96. The molecule has 1 aliphatic rings. The van der Waals surface area contributed by atoms with Gasteiger partial charge in [0.1, 0.15) is 0 Å². The molecule has 4 nitrogen and oxygen atoms in total. The first-order valence-electron chi connectivity index (χ1n) is 10.7. The van der Waals surface area contributed by atoms with Crippen molar-refractivity contribution in [2.45, 2.75) is 25.9 Å². The molecule has 0 aliphatic carbocycles. The average Bonchev–Trinajstić information content (AvgIpc) is 3.09. The number of ketones is 1. The maximum absolute atomic E-state index is 13.2. The predicted octanol–water partition coefficient (Wildman–Crippen LogP) is 5.43. The van der Waals surface area contributed by atoms with E-state index in [-0.39, 0.29) is 11.4 Å². The number of aryl methyl sites for hydroxylation is 1. The molecule has 1 atom stereocenters. The first-order chi connectivity index (χ1) is 15.6. The van der Waals surface area contributed by atoms with Crippen LogP contribution in [0.1, 0.15) is 35.2 Å². The second-order valence-corrected chi connectivity index (χ2v) is 7.79. The van der Waals surface area contributed by atoms with Crippen molar-refractivity contribution in [2.75, 3.05) is 0 Å². The highest BCUT2D eigenvalue weighted by atomic mass is 16.3. The molecule has 160 valence electrons. The number of rotatable bonds is 7. The molecule has 0 aromatic heterocycles. The predicted molar refractivity (Wildman–Crippen MR) is 126 cm³/mol. The molecule has 1 unspecified atom stereocenters. The van der Waals surface area contributed by atoms with Gasteiger partial charge in [-0.2, -0.15) is 0 Å². The normalized spacial score (nSPS) is 16.2. The summed E-state index contributed by atoms with van der Waals surface area (Å²) in [7, 11) is 0. The van der Waals surface area contributed by atoms with Gasteiger partial charge in [-0.15, -0.1) is 0 Å². The smallest absolute Gasteiger partial charge is 0.290 e. The van der Waals surface area contributed by atoms with Crippen LogP contribution in [0.25, 0.3) is 6.08 Å². The molecule has 1 heterocycles. The van der Waals surface area contributed by atoms with Gasteiger partial charge in [-0.3, -0.25) is 9.59 Å². The topological polar surface area (TPSA) is 57.6 Å². The summed E-state index contributed by atoms with van der Waals surface area (Å²) in [6.07, 6.45) is 4.02. The fourth-order valence-corrected chi connectivity index (χ4v) is 3.96. The van der Waals surface area contributed by atoms with Gasteiger partial charge in [-0.1, -0.05) is 97.9 Å². The molecule has 3 aromatic rings. The summed E-state index contributed by atoms with van der Waals surface area (Å²) in [5, 5.41) is 10.7. The Balaban J connectivity index is 1.72. The number of carbonyl (C=O) groups is 2. The first-order valence-corrected chi connectivity index (χ1v) is 10.7. The third kappa shape index (κ3) is 4.40. The van der Waals surface area contributed by atoms with Gasteiger partial charge in [0.15, 0.2) is 11.5 Å². The maximum Gasteiger partial charge on any atom is 0.290 e. The Bertz CT molecular complexity index is 1160. The highest BCUT2D eigenvalue weighted by Crippen LogP contribution is 2.39. The number of hydrogen-bond acceptors (Lipinski definition) is 3. The molecule has 0 saturated carbocycles. The minimum absolute atomic E-state index is 0.113. The number of nitrogens with zero attached hydrogens (tertiary/aromatic N) is 1. The molecule has 4 heteroatoms. The van der Waals surface area contributed by atoms with E-state index < -0.39 is 17.7 Å². The summed E-state index contributed by atoms with van der Waals surface area (Å²) < 4.78 is 0. The van der Waals surface area contributed by atoms with Crippen LogP contribution in [0.5, 0.6) is 0 Å². The van der Waals surface area contributed by atoms with Crippen LogP contribution in [0.2, 0.25) is 0 Å². The van der Waals surface area contributed by atoms with Crippen LogP contribution in [0, 0.1) is 0 Å².